The van der Waals surface area contributed by atoms with Crippen LogP contribution in [0.2, 0.25) is 0 Å². The van der Waals surface area contributed by atoms with Gasteiger partial charge < -0.3 is 39.6 Å². The van der Waals surface area contributed by atoms with Gasteiger partial charge in [-0.15, -0.1) is 0 Å². The first-order valence-corrected chi connectivity index (χ1v) is 13.4. The van der Waals surface area contributed by atoms with E-state index in [0.717, 1.165) is 6.42 Å². The number of nitrogens with one attached hydrogen (secondary N) is 1. The molecule has 0 aliphatic carbocycles. The molecule has 13 nitrogen and oxygen atoms in total. The summed E-state index contributed by atoms with van der Waals surface area (Å²) in [4.78, 5) is 32.8. The van der Waals surface area contributed by atoms with E-state index in [1.807, 2.05) is 0 Å². The maximum Gasteiger partial charge on any atom is 0.337 e. The van der Waals surface area contributed by atoms with E-state index in [4.69, 9.17) is 24.2 Å². The quantitative estimate of drug-likeness (QED) is 0.101. The van der Waals surface area contributed by atoms with Crippen LogP contribution >= 0.6 is 0 Å². The summed E-state index contributed by atoms with van der Waals surface area (Å²) in [5.41, 5.74) is 0.871. The second-order valence-electron chi connectivity index (χ2n) is 10.8. The molecule has 13 heteroatoms. The molecule has 4 aliphatic rings. The third-order valence-corrected chi connectivity index (χ3v) is 8.91. The van der Waals surface area contributed by atoms with Crippen molar-refractivity contribution in [1.29, 1.82) is 0 Å². The lowest BCUT2D eigenvalue weighted by molar-refractivity contribution is -0.420. The Kier molecular flexibility index (Phi) is 8.08. The van der Waals surface area contributed by atoms with Gasteiger partial charge in [-0.05, 0) is 55.0 Å². The molecule has 3 saturated heterocycles. The number of aliphatic hydroxyl groups is 3. The number of carbonyl (C=O) groups excluding carboxylic acids is 2. The fourth-order valence-electron chi connectivity index (χ4n) is 6.86. The third kappa shape index (κ3) is 4.55. The zero-order valence-electron chi connectivity index (χ0n) is 22.6. The summed E-state index contributed by atoms with van der Waals surface area (Å²) in [6.07, 6.45) is -4.77. The van der Waals surface area contributed by atoms with Crippen LogP contribution in [0.4, 0.5) is 5.69 Å². The summed E-state index contributed by atoms with van der Waals surface area (Å²) in [7, 11) is 2.82. The van der Waals surface area contributed by atoms with Crippen LogP contribution < -0.4 is 10.1 Å². The highest BCUT2D eigenvalue weighted by Crippen LogP contribution is 2.54. The fraction of sp³-hybridized carbons (Fsp3) is 0.630. The molecule has 1 spiro atoms. The maximum atomic E-state index is 13.7. The van der Waals surface area contributed by atoms with Crippen molar-refractivity contribution in [2.45, 2.75) is 68.5 Å². The molecule has 5 N–H and O–H groups in total. The summed E-state index contributed by atoms with van der Waals surface area (Å²) < 4.78 is 21.4. The molecule has 40 heavy (non-hydrogen) atoms. The van der Waals surface area contributed by atoms with Gasteiger partial charge in [-0.2, -0.15) is 0 Å². The molecule has 1 amide bonds. The Bertz CT molecular complexity index is 1160. The number of benzene rings is 1. The van der Waals surface area contributed by atoms with Gasteiger partial charge in [-0.25, -0.2) is 14.9 Å². The molecule has 1 aromatic rings. The fourth-order valence-corrected chi connectivity index (χ4v) is 6.86. The van der Waals surface area contributed by atoms with Crippen LogP contribution in [0.1, 0.15) is 31.7 Å². The number of methoxy groups -OCH3 is 2. The van der Waals surface area contributed by atoms with Crippen LogP contribution in [0, 0.1) is 11.8 Å². The lowest BCUT2D eigenvalue weighted by Gasteiger charge is -2.45. The SMILES string of the molecule is CCC1CN2CCC3(C(=O)Nc4ccc(OC5OC(OO)C(O)C(O)C5O)cc43)C2CC1C(=COC)C(=O)OC. The van der Waals surface area contributed by atoms with Gasteiger partial charge >= 0.3 is 5.97 Å². The second-order valence-corrected chi connectivity index (χ2v) is 10.8. The van der Waals surface area contributed by atoms with Crippen LogP contribution in [-0.2, 0) is 34.1 Å². The number of ether oxygens (including phenoxy) is 4. The largest absolute Gasteiger partial charge is 0.504 e. The molecule has 0 radical (unpaired) electrons. The lowest BCUT2D eigenvalue weighted by Crippen LogP contribution is -2.59. The normalized spacial score (nSPS) is 37.6. The Labute approximate surface area is 231 Å². The number of hydrogen-bond donors (Lipinski definition) is 5. The van der Waals surface area contributed by atoms with Crippen molar-refractivity contribution in [2.75, 3.05) is 32.6 Å². The first kappa shape index (κ1) is 28.7. The number of fused-ring (bicyclic) bond motifs is 4. The summed E-state index contributed by atoms with van der Waals surface area (Å²) in [5.74, 6) is -0.373. The van der Waals surface area contributed by atoms with E-state index in [1.54, 1.807) is 18.2 Å². The van der Waals surface area contributed by atoms with Crippen LogP contribution in [-0.4, -0.2) is 102 Å². The molecule has 9 atom stereocenters. The highest BCUT2D eigenvalue weighted by molar-refractivity contribution is 6.07. The Morgan fingerprint density at radius 3 is 2.62 bits per heavy atom. The second kappa shape index (κ2) is 11.2. The number of amides is 1. The van der Waals surface area contributed by atoms with E-state index in [2.05, 4.69) is 22.0 Å². The summed E-state index contributed by atoms with van der Waals surface area (Å²) in [6, 6.07) is 4.76. The van der Waals surface area contributed by atoms with Crippen molar-refractivity contribution < 1.29 is 54.0 Å². The van der Waals surface area contributed by atoms with Crippen LogP contribution in [0.3, 0.4) is 0 Å². The van der Waals surface area contributed by atoms with Crippen molar-refractivity contribution in [3.05, 3.63) is 35.6 Å². The number of hydrogen-bond acceptors (Lipinski definition) is 12. The number of aliphatic hydroxyl groups excluding tert-OH is 3. The number of carbonyl (C=O) groups is 2. The zero-order valence-corrected chi connectivity index (χ0v) is 22.6. The molecule has 0 bridgehead atoms. The Morgan fingerprint density at radius 1 is 1.20 bits per heavy atom. The molecule has 220 valence electrons. The standard InChI is InChI=1S/C27H36N2O11/c1-4-13-11-29-8-7-27(19(29)10-15(13)16(12-36-2)23(33)37-3)17-9-14(5-6-18(17)28-26(27)34)38-24-21(31)20(30)22(32)25(39-24)40-35/h5-6,9,12-13,15,19-22,24-25,30-32,35H,4,7-8,10-11H2,1-3H3,(H,28,34). The van der Waals surface area contributed by atoms with Gasteiger partial charge in [0, 0.05) is 18.3 Å². The van der Waals surface area contributed by atoms with E-state index in [-0.39, 0.29) is 29.5 Å². The predicted octanol–water partition coefficient (Wildman–Crippen LogP) is 0.334. The van der Waals surface area contributed by atoms with Crippen molar-refractivity contribution >= 4 is 17.6 Å². The maximum absolute atomic E-state index is 13.7. The van der Waals surface area contributed by atoms with Crippen LogP contribution in [0.5, 0.6) is 5.75 Å². The monoisotopic (exact) mass is 564 g/mol. The molecule has 4 heterocycles. The molecule has 9 unspecified atom stereocenters. The number of piperidine rings is 1. The Hall–Kier alpha value is -2.78. The van der Waals surface area contributed by atoms with Crippen molar-refractivity contribution in [3.63, 3.8) is 0 Å². The molecule has 0 saturated carbocycles. The minimum Gasteiger partial charge on any atom is -0.504 e. The topological polar surface area (TPSA) is 176 Å². The van der Waals surface area contributed by atoms with Gasteiger partial charge in [-0.1, -0.05) is 13.3 Å². The minimum atomic E-state index is -1.70. The molecular formula is C27H36N2O11. The van der Waals surface area contributed by atoms with Gasteiger partial charge in [0.1, 0.15) is 24.1 Å². The highest BCUT2D eigenvalue weighted by Gasteiger charge is 2.60. The molecule has 5 rings (SSSR count). The van der Waals surface area contributed by atoms with E-state index < -0.39 is 42.3 Å². The van der Waals surface area contributed by atoms with Gasteiger partial charge in [0.25, 0.3) is 0 Å². The van der Waals surface area contributed by atoms with Gasteiger partial charge in [0.2, 0.25) is 18.5 Å². The first-order chi connectivity index (χ1) is 19.2. The van der Waals surface area contributed by atoms with E-state index in [9.17, 15) is 24.9 Å². The average molecular weight is 565 g/mol. The third-order valence-electron chi connectivity index (χ3n) is 8.91. The van der Waals surface area contributed by atoms with Crippen molar-refractivity contribution in [1.82, 2.24) is 4.90 Å². The highest BCUT2D eigenvalue weighted by atomic mass is 17.1. The summed E-state index contributed by atoms with van der Waals surface area (Å²) in [6.45, 7) is 3.48. The van der Waals surface area contributed by atoms with Crippen molar-refractivity contribution in [3.8, 4) is 5.75 Å². The average Bonchev–Trinajstić information content (AvgIpc) is 3.48. The first-order valence-electron chi connectivity index (χ1n) is 13.4. The van der Waals surface area contributed by atoms with Crippen molar-refractivity contribution in [2.24, 2.45) is 11.8 Å². The summed E-state index contributed by atoms with van der Waals surface area (Å²) in [5, 5.41) is 42.4. The molecule has 0 aromatic heterocycles. The number of rotatable bonds is 7. The Morgan fingerprint density at radius 2 is 1.95 bits per heavy atom. The van der Waals surface area contributed by atoms with E-state index in [0.29, 0.717) is 42.8 Å². The molecule has 3 fully saturated rings. The van der Waals surface area contributed by atoms with Gasteiger partial charge in [0.05, 0.1) is 31.5 Å². The van der Waals surface area contributed by atoms with Gasteiger partial charge in [-0.3, -0.25) is 9.69 Å². The minimum absolute atomic E-state index is 0.141. The van der Waals surface area contributed by atoms with Gasteiger partial charge in [0.15, 0.2) is 0 Å². The van der Waals surface area contributed by atoms with Crippen LogP contribution in [0.15, 0.2) is 30.0 Å². The van der Waals surface area contributed by atoms with E-state index >= 15 is 0 Å². The lowest BCUT2D eigenvalue weighted by atomic mass is 9.67. The predicted molar refractivity (Wildman–Crippen MR) is 137 cm³/mol. The van der Waals surface area contributed by atoms with Crippen LogP contribution in [0.25, 0.3) is 0 Å². The molecular weight excluding hydrogens is 528 g/mol. The van der Waals surface area contributed by atoms with E-state index in [1.165, 1.54) is 20.5 Å². The molecule has 1 aromatic carbocycles. The smallest absolute Gasteiger partial charge is 0.337 e. The number of nitrogens with zero attached hydrogens (tertiary/aromatic N) is 1. The zero-order chi connectivity index (χ0) is 28.8. The summed E-state index contributed by atoms with van der Waals surface area (Å²) >= 11 is 0. The molecule has 4 aliphatic heterocycles. The number of esters is 1. The number of anilines is 1. The Balaban J connectivity index is 1.46.